The first kappa shape index (κ1) is 12.7. The van der Waals surface area contributed by atoms with E-state index in [2.05, 4.69) is 9.97 Å². The van der Waals surface area contributed by atoms with Gasteiger partial charge in [-0.1, -0.05) is 17.7 Å². The Bertz CT molecular complexity index is 857. The second-order valence-corrected chi connectivity index (χ2v) is 4.97. The van der Waals surface area contributed by atoms with Gasteiger partial charge < -0.3 is 10.1 Å². The Hall–Kier alpha value is -2.33. The van der Waals surface area contributed by atoms with Gasteiger partial charge in [-0.3, -0.25) is 9.78 Å². The first-order chi connectivity index (χ1) is 9.58. The van der Waals surface area contributed by atoms with Crippen LogP contribution in [0.25, 0.3) is 22.0 Å². The van der Waals surface area contributed by atoms with Crippen molar-refractivity contribution in [3.8, 4) is 16.9 Å². The highest BCUT2D eigenvalue weighted by molar-refractivity contribution is 6.32. The molecule has 1 aromatic carbocycles. The Morgan fingerprint density at radius 2 is 2.15 bits per heavy atom. The van der Waals surface area contributed by atoms with Crippen molar-refractivity contribution in [3.63, 3.8) is 0 Å². The highest BCUT2D eigenvalue weighted by Crippen LogP contribution is 2.33. The predicted molar refractivity (Wildman–Crippen MR) is 79.2 cm³/mol. The van der Waals surface area contributed by atoms with Crippen LogP contribution in [0.15, 0.2) is 41.5 Å². The number of aromatic nitrogens is 2. The average molecular weight is 287 g/mol. The van der Waals surface area contributed by atoms with Crippen molar-refractivity contribution < 1.29 is 5.11 Å². The van der Waals surface area contributed by atoms with Crippen LogP contribution in [0.5, 0.6) is 5.75 Å². The highest BCUT2D eigenvalue weighted by Gasteiger charge is 2.14. The number of benzene rings is 1. The molecule has 2 heterocycles. The van der Waals surface area contributed by atoms with Crippen molar-refractivity contribution in [2.75, 3.05) is 0 Å². The Labute approximate surface area is 119 Å². The summed E-state index contributed by atoms with van der Waals surface area (Å²) in [6.45, 7) is 1.84. The summed E-state index contributed by atoms with van der Waals surface area (Å²) < 4.78 is 0. The van der Waals surface area contributed by atoms with Gasteiger partial charge in [0.1, 0.15) is 5.75 Å². The molecule has 0 atom stereocenters. The highest BCUT2D eigenvalue weighted by atomic mass is 35.5. The fraction of sp³-hybridized carbons (Fsp3) is 0.0667. The van der Waals surface area contributed by atoms with Crippen LogP contribution in [-0.2, 0) is 0 Å². The Morgan fingerprint density at radius 1 is 1.35 bits per heavy atom. The minimum absolute atomic E-state index is 0.0588. The average Bonchev–Trinajstić information content (AvgIpc) is 2.43. The molecule has 0 fully saturated rings. The lowest BCUT2D eigenvalue weighted by Crippen LogP contribution is -2.09. The number of aryl methyl sites for hydroxylation is 1. The van der Waals surface area contributed by atoms with Gasteiger partial charge in [-0.25, -0.2) is 0 Å². The topological polar surface area (TPSA) is 66.0 Å². The summed E-state index contributed by atoms with van der Waals surface area (Å²) in [5, 5.41) is 11.5. The molecule has 3 rings (SSSR count). The van der Waals surface area contributed by atoms with Crippen LogP contribution < -0.4 is 5.56 Å². The summed E-state index contributed by atoms with van der Waals surface area (Å²) in [6.07, 6.45) is 3.15. The van der Waals surface area contributed by atoms with Crippen molar-refractivity contribution in [1.82, 2.24) is 9.97 Å². The molecule has 0 bridgehead atoms. The maximum Gasteiger partial charge on any atom is 0.260 e. The van der Waals surface area contributed by atoms with Gasteiger partial charge >= 0.3 is 0 Å². The molecule has 0 saturated heterocycles. The molecule has 0 aliphatic carbocycles. The normalized spacial score (nSPS) is 10.9. The second kappa shape index (κ2) is 4.65. The molecule has 0 aliphatic heterocycles. The van der Waals surface area contributed by atoms with Gasteiger partial charge in [0.25, 0.3) is 5.56 Å². The minimum atomic E-state index is -0.372. The summed E-state index contributed by atoms with van der Waals surface area (Å²) >= 11 is 6.04. The molecular formula is C15H11ClN2O2. The minimum Gasteiger partial charge on any atom is -0.506 e. The molecule has 2 aromatic heterocycles. The maximum atomic E-state index is 12.2. The predicted octanol–water partition coefficient (Wildman–Crippen LogP) is 3.26. The lowest BCUT2D eigenvalue weighted by molar-refractivity contribution is 0.482. The van der Waals surface area contributed by atoms with Crippen LogP contribution >= 0.6 is 11.6 Å². The van der Waals surface area contributed by atoms with Crippen molar-refractivity contribution >= 4 is 22.5 Å². The zero-order chi connectivity index (χ0) is 14.3. The van der Waals surface area contributed by atoms with E-state index in [0.29, 0.717) is 21.5 Å². The molecule has 4 nitrogen and oxygen atoms in total. The number of hydrogen-bond donors (Lipinski definition) is 2. The monoisotopic (exact) mass is 286 g/mol. The maximum absolute atomic E-state index is 12.2. The number of nitrogens with zero attached hydrogens (tertiary/aromatic N) is 1. The van der Waals surface area contributed by atoms with Gasteiger partial charge in [-0.2, -0.15) is 0 Å². The van der Waals surface area contributed by atoms with Crippen LogP contribution in [0, 0.1) is 6.92 Å². The molecule has 0 spiro atoms. The number of aromatic hydroxyl groups is 1. The van der Waals surface area contributed by atoms with Gasteiger partial charge in [-0.15, -0.1) is 0 Å². The van der Waals surface area contributed by atoms with E-state index < -0.39 is 0 Å². The molecule has 0 radical (unpaired) electrons. The number of aromatic amines is 1. The van der Waals surface area contributed by atoms with Crippen molar-refractivity contribution in [1.29, 1.82) is 0 Å². The first-order valence-electron chi connectivity index (χ1n) is 6.03. The molecule has 2 N–H and O–H groups in total. The molecule has 20 heavy (non-hydrogen) atoms. The third-order valence-electron chi connectivity index (χ3n) is 3.22. The summed E-state index contributed by atoms with van der Waals surface area (Å²) in [5.41, 5.74) is 1.75. The molecule has 0 amide bonds. The van der Waals surface area contributed by atoms with E-state index >= 15 is 0 Å². The second-order valence-electron chi connectivity index (χ2n) is 4.57. The van der Waals surface area contributed by atoms with E-state index in [1.807, 2.05) is 6.92 Å². The van der Waals surface area contributed by atoms with E-state index in [0.717, 1.165) is 5.56 Å². The van der Waals surface area contributed by atoms with Crippen LogP contribution in [0.4, 0.5) is 0 Å². The van der Waals surface area contributed by atoms with Crippen LogP contribution in [-0.4, -0.2) is 15.1 Å². The molecule has 3 aromatic rings. The summed E-state index contributed by atoms with van der Waals surface area (Å²) in [4.78, 5) is 18.9. The van der Waals surface area contributed by atoms with E-state index in [9.17, 15) is 9.90 Å². The molecule has 5 heteroatoms. The number of rotatable bonds is 1. The van der Waals surface area contributed by atoms with Gasteiger partial charge in [0, 0.05) is 28.4 Å². The van der Waals surface area contributed by atoms with Crippen LogP contribution in [0.1, 0.15) is 5.56 Å². The molecule has 0 saturated carbocycles. The van der Waals surface area contributed by atoms with E-state index in [4.69, 9.17) is 11.6 Å². The summed E-state index contributed by atoms with van der Waals surface area (Å²) in [6, 6.07) is 6.83. The van der Waals surface area contributed by atoms with E-state index in [1.165, 1.54) is 0 Å². The van der Waals surface area contributed by atoms with Crippen molar-refractivity contribution in [2.45, 2.75) is 6.92 Å². The van der Waals surface area contributed by atoms with Gasteiger partial charge in [0.05, 0.1) is 11.1 Å². The lowest BCUT2D eigenvalue weighted by atomic mass is 10.0. The van der Waals surface area contributed by atoms with E-state index in [-0.39, 0.29) is 16.9 Å². The van der Waals surface area contributed by atoms with Gasteiger partial charge in [-0.05, 0) is 30.7 Å². The molecule has 0 aliphatic rings. The smallest absolute Gasteiger partial charge is 0.260 e. The van der Waals surface area contributed by atoms with Gasteiger partial charge in [0.2, 0.25) is 0 Å². The number of halogens is 1. The fourth-order valence-corrected chi connectivity index (χ4v) is 2.35. The molecule has 0 unspecified atom stereocenters. The van der Waals surface area contributed by atoms with Crippen molar-refractivity contribution in [2.24, 2.45) is 0 Å². The number of hydrogen-bond acceptors (Lipinski definition) is 3. The largest absolute Gasteiger partial charge is 0.506 e. The molecular weight excluding hydrogens is 276 g/mol. The van der Waals surface area contributed by atoms with E-state index in [1.54, 1.807) is 36.7 Å². The Morgan fingerprint density at radius 3 is 2.85 bits per heavy atom. The number of pyridine rings is 2. The third kappa shape index (κ3) is 1.94. The van der Waals surface area contributed by atoms with Gasteiger partial charge in [0.15, 0.2) is 0 Å². The SMILES string of the molecule is Cc1cc2c(O)c(-c3cccnc3)c(=O)[nH]c2cc1Cl. The Balaban J connectivity index is 2.41. The number of nitrogens with one attached hydrogen (secondary N) is 1. The quantitative estimate of drug-likeness (QED) is 0.721. The number of fused-ring (bicyclic) bond motifs is 1. The zero-order valence-corrected chi connectivity index (χ0v) is 11.4. The number of H-pyrrole nitrogens is 1. The fourth-order valence-electron chi connectivity index (χ4n) is 2.19. The summed E-state index contributed by atoms with van der Waals surface area (Å²) in [5.74, 6) is -0.0588. The standard InChI is InChI=1S/C15H11ClN2O2/c1-8-5-10-12(6-11(8)16)18-15(20)13(14(10)19)9-3-2-4-17-7-9/h2-7H,1H3,(H2,18,19,20). The Kier molecular flexibility index (Phi) is 2.95. The van der Waals surface area contributed by atoms with Crippen molar-refractivity contribution in [3.05, 3.63) is 57.6 Å². The van der Waals surface area contributed by atoms with Crippen LogP contribution in [0.2, 0.25) is 5.02 Å². The lowest BCUT2D eigenvalue weighted by Gasteiger charge is -2.09. The third-order valence-corrected chi connectivity index (χ3v) is 3.62. The zero-order valence-electron chi connectivity index (χ0n) is 10.6. The van der Waals surface area contributed by atoms with Crippen LogP contribution in [0.3, 0.4) is 0 Å². The first-order valence-corrected chi connectivity index (χ1v) is 6.41. The molecule has 100 valence electrons. The summed E-state index contributed by atoms with van der Waals surface area (Å²) in [7, 11) is 0.